The molecule has 40 heavy (non-hydrogen) atoms. The van der Waals surface area contributed by atoms with Gasteiger partial charge in [-0.3, -0.25) is 14.5 Å². The van der Waals surface area contributed by atoms with Crippen LogP contribution in [0.3, 0.4) is 0 Å². The fraction of sp³-hybridized carbons (Fsp3) is 0.344. The van der Waals surface area contributed by atoms with Gasteiger partial charge in [-0.05, 0) is 34.7 Å². The maximum absolute atomic E-state index is 12.8. The summed E-state index contributed by atoms with van der Waals surface area (Å²) in [5.74, 6) is -0.921. The number of rotatable bonds is 10. The summed E-state index contributed by atoms with van der Waals surface area (Å²) in [6.07, 6.45) is 0. The van der Waals surface area contributed by atoms with E-state index in [0.29, 0.717) is 18.8 Å². The Kier molecular flexibility index (Phi) is 10.0. The highest BCUT2D eigenvalue weighted by molar-refractivity contribution is 6.01. The van der Waals surface area contributed by atoms with E-state index in [4.69, 9.17) is 9.47 Å². The molecular weight excluding hydrogens is 506 g/mol. The first-order chi connectivity index (χ1) is 19.4. The lowest BCUT2D eigenvalue weighted by Crippen LogP contribution is -2.50. The zero-order chi connectivity index (χ0) is 28.5. The van der Waals surface area contributed by atoms with Crippen molar-refractivity contribution in [3.63, 3.8) is 0 Å². The molecule has 0 bridgehead atoms. The van der Waals surface area contributed by atoms with E-state index < -0.39 is 11.9 Å². The molecule has 0 aliphatic carbocycles. The molecule has 0 atom stereocenters. The minimum Gasteiger partial charge on any atom is -0.465 e. The summed E-state index contributed by atoms with van der Waals surface area (Å²) < 4.78 is 10.3. The maximum Gasteiger partial charge on any atom is 0.339 e. The normalized spacial score (nSPS) is 13.9. The van der Waals surface area contributed by atoms with Gasteiger partial charge < -0.3 is 19.7 Å². The predicted octanol–water partition coefficient (Wildman–Crippen LogP) is 4.49. The van der Waals surface area contributed by atoms with Crippen molar-refractivity contribution in [2.24, 2.45) is 0 Å². The second-order valence-corrected chi connectivity index (χ2v) is 10.1. The number of anilines is 1. The number of carbonyl (C=O) groups is 3. The molecule has 3 aromatic rings. The van der Waals surface area contributed by atoms with Crippen LogP contribution in [0, 0.1) is 0 Å². The van der Waals surface area contributed by atoms with E-state index in [1.807, 2.05) is 32.0 Å². The molecule has 3 aromatic carbocycles. The molecule has 2 amide bonds. The molecule has 1 heterocycles. The van der Waals surface area contributed by atoms with Crippen molar-refractivity contribution in [2.75, 3.05) is 51.8 Å². The quantitative estimate of drug-likeness (QED) is 0.379. The summed E-state index contributed by atoms with van der Waals surface area (Å²) in [4.78, 5) is 41.8. The summed E-state index contributed by atoms with van der Waals surface area (Å²) >= 11 is 0. The highest BCUT2D eigenvalue weighted by Crippen LogP contribution is 2.29. The molecule has 1 saturated heterocycles. The fourth-order valence-corrected chi connectivity index (χ4v) is 4.93. The highest BCUT2D eigenvalue weighted by atomic mass is 16.5. The van der Waals surface area contributed by atoms with E-state index in [-0.39, 0.29) is 36.6 Å². The molecule has 4 rings (SSSR count). The van der Waals surface area contributed by atoms with E-state index in [9.17, 15) is 14.4 Å². The smallest absolute Gasteiger partial charge is 0.339 e. The van der Waals surface area contributed by atoms with Crippen molar-refractivity contribution in [1.29, 1.82) is 0 Å². The second kappa shape index (κ2) is 13.9. The van der Waals surface area contributed by atoms with E-state index >= 15 is 0 Å². The van der Waals surface area contributed by atoms with Crippen LogP contribution in [0.2, 0.25) is 0 Å². The van der Waals surface area contributed by atoms with Gasteiger partial charge in [-0.25, -0.2) is 4.79 Å². The highest BCUT2D eigenvalue weighted by Gasteiger charge is 2.28. The molecular formula is C32H37N3O5. The van der Waals surface area contributed by atoms with Crippen molar-refractivity contribution in [3.05, 3.63) is 101 Å². The van der Waals surface area contributed by atoms with Gasteiger partial charge >= 0.3 is 5.97 Å². The third kappa shape index (κ3) is 7.34. The Balaban J connectivity index is 1.28. The number of nitrogens with one attached hydrogen (secondary N) is 1. The van der Waals surface area contributed by atoms with E-state index in [0.717, 1.165) is 18.7 Å². The fourth-order valence-electron chi connectivity index (χ4n) is 4.93. The van der Waals surface area contributed by atoms with Crippen LogP contribution in [-0.2, 0) is 19.1 Å². The molecule has 1 N–H and O–H groups in total. The number of benzene rings is 3. The molecule has 210 valence electrons. The topological polar surface area (TPSA) is 88.2 Å². The van der Waals surface area contributed by atoms with E-state index in [2.05, 4.69) is 58.7 Å². The van der Waals surface area contributed by atoms with Crippen molar-refractivity contribution in [3.8, 4) is 0 Å². The molecule has 0 unspecified atom stereocenters. The molecule has 1 aliphatic heterocycles. The molecule has 8 nitrogen and oxygen atoms in total. The van der Waals surface area contributed by atoms with Crippen LogP contribution in [-0.4, -0.2) is 74.1 Å². The standard InChI is InChI=1S/C32H37N3O5/c1-23(2)26-14-15-28(27(20-26)32(38)39-3)33-29(36)21-40-22-30(37)34-16-18-35(19-17-34)31(24-10-6-4-7-11-24)25-12-8-5-9-13-25/h4-15,20,23,31H,16-19,21-22H2,1-3H3,(H,33,36). The first-order valence-electron chi connectivity index (χ1n) is 13.6. The molecule has 0 aromatic heterocycles. The summed E-state index contributed by atoms with van der Waals surface area (Å²) in [5, 5.41) is 2.70. The van der Waals surface area contributed by atoms with Gasteiger partial charge in [-0.15, -0.1) is 0 Å². The number of amides is 2. The Morgan fingerprint density at radius 3 is 1.95 bits per heavy atom. The zero-order valence-electron chi connectivity index (χ0n) is 23.3. The van der Waals surface area contributed by atoms with Crippen LogP contribution in [0.1, 0.15) is 52.9 Å². The van der Waals surface area contributed by atoms with Crippen LogP contribution in [0.15, 0.2) is 78.9 Å². The van der Waals surface area contributed by atoms with Gasteiger partial charge in [0.15, 0.2) is 0 Å². The number of methoxy groups -OCH3 is 1. The van der Waals surface area contributed by atoms with Gasteiger partial charge in [0.1, 0.15) is 13.2 Å². The Hall–Kier alpha value is -4.01. The van der Waals surface area contributed by atoms with Gasteiger partial charge in [0.05, 0.1) is 24.4 Å². The minimum absolute atomic E-state index is 0.115. The third-order valence-corrected chi connectivity index (χ3v) is 7.11. The Morgan fingerprint density at radius 2 is 1.40 bits per heavy atom. The van der Waals surface area contributed by atoms with Gasteiger partial charge in [0.2, 0.25) is 11.8 Å². The average molecular weight is 544 g/mol. The molecule has 8 heteroatoms. The van der Waals surface area contributed by atoms with Crippen LogP contribution in [0.25, 0.3) is 0 Å². The van der Waals surface area contributed by atoms with Gasteiger partial charge in [0.25, 0.3) is 0 Å². The van der Waals surface area contributed by atoms with Crippen molar-refractivity contribution >= 4 is 23.5 Å². The van der Waals surface area contributed by atoms with E-state index in [1.54, 1.807) is 17.0 Å². The van der Waals surface area contributed by atoms with Crippen molar-refractivity contribution < 1.29 is 23.9 Å². The first-order valence-corrected chi connectivity index (χ1v) is 13.6. The Morgan fingerprint density at radius 1 is 0.800 bits per heavy atom. The summed E-state index contributed by atoms with van der Waals surface area (Å²) in [6.45, 7) is 6.15. The SMILES string of the molecule is COC(=O)c1cc(C(C)C)ccc1NC(=O)COCC(=O)N1CCN(C(c2ccccc2)c2ccccc2)CC1. The van der Waals surface area contributed by atoms with Crippen molar-refractivity contribution in [2.45, 2.75) is 25.8 Å². The lowest BCUT2D eigenvalue weighted by atomic mass is 9.96. The number of hydrogen-bond acceptors (Lipinski definition) is 6. The lowest BCUT2D eigenvalue weighted by molar-refractivity contribution is -0.139. The van der Waals surface area contributed by atoms with Crippen LogP contribution >= 0.6 is 0 Å². The second-order valence-electron chi connectivity index (χ2n) is 10.1. The average Bonchev–Trinajstić information content (AvgIpc) is 2.98. The van der Waals surface area contributed by atoms with Crippen LogP contribution < -0.4 is 5.32 Å². The Bertz CT molecular complexity index is 1250. The summed E-state index contributed by atoms with van der Waals surface area (Å²) in [7, 11) is 1.30. The molecule has 0 saturated carbocycles. The monoisotopic (exact) mass is 543 g/mol. The predicted molar refractivity (Wildman–Crippen MR) is 154 cm³/mol. The number of ether oxygens (including phenoxy) is 2. The number of hydrogen-bond donors (Lipinski definition) is 1. The minimum atomic E-state index is -0.533. The van der Waals surface area contributed by atoms with Crippen LogP contribution in [0.5, 0.6) is 0 Å². The number of esters is 1. The number of nitrogens with zero attached hydrogens (tertiary/aromatic N) is 2. The third-order valence-electron chi connectivity index (χ3n) is 7.11. The molecule has 1 fully saturated rings. The summed E-state index contributed by atoms with van der Waals surface area (Å²) in [5.41, 5.74) is 4.02. The van der Waals surface area contributed by atoms with Crippen LogP contribution in [0.4, 0.5) is 5.69 Å². The lowest BCUT2D eigenvalue weighted by Gasteiger charge is -2.39. The molecule has 0 spiro atoms. The zero-order valence-corrected chi connectivity index (χ0v) is 23.3. The molecule has 1 aliphatic rings. The number of piperazine rings is 1. The van der Waals surface area contributed by atoms with E-state index in [1.165, 1.54) is 18.2 Å². The molecule has 0 radical (unpaired) electrons. The largest absolute Gasteiger partial charge is 0.465 e. The van der Waals surface area contributed by atoms with Crippen molar-refractivity contribution in [1.82, 2.24) is 9.80 Å². The maximum atomic E-state index is 12.8. The van der Waals surface area contributed by atoms with Gasteiger partial charge in [0, 0.05) is 26.2 Å². The van der Waals surface area contributed by atoms with Gasteiger partial charge in [-0.2, -0.15) is 0 Å². The number of carbonyl (C=O) groups excluding carboxylic acids is 3. The Labute approximate surface area is 235 Å². The van der Waals surface area contributed by atoms with Gasteiger partial charge in [-0.1, -0.05) is 80.6 Å². The summed E-state index contributed by atoms with van der Waals surface area (Å²) in [6, 6.07) is 26.2. The first kappa shape index (κ1) is 29.0.